The van der Waals surface area contributed by atoms with E-state index in [-0.39, 0.29) is 22.8 Å². The average molecular weight is 680 g/mol. The highest BCUT2D eigenvalue weighted by Gasteiger charge is 2.35. The second-order valence-corrected chi connectivity index (χ2v) is 11.8. The van der Waals surface area contributed by atoms with Gasteiger partial charge < -0.3 is 9.47 Å². The Morgan fingerprint density at radius 3 is 1.38 bits per heavy atom. The highest BCUT2D eigenvalue weighted by Crippen LogP contribution is 2.42. The molecule has 1 aromatic carbocycles. The van der Waals surface area contributed by atoms with Crippen LogP contribution in [0.2, 0.25) is 0 Å². The minimum Gasteiger partial charge on any atom is -0.493 e. The van der Waals surface area contributed by atoms with Gasteiger partial charge in [-0.25, -0.2) is 4.98 Å². The van der Waals surface area contributed by atoms with Crippen LogP contribution >= 0.6 is 0 Å². The Kier molecular flexibility index (Phi) is 13.3. The van der Waals surface area contributed by atoms with Crippen LogP contribution in [0.15, 0.2) is 42.5 Å². The summed E-state index contributed by atoms with van der Waals surface area (Å²) in [5.74, 6) is 0.950. The zero-order valence-electron chi connectivity index (χ0n) is 27.4. The molecule has 4 aromatic rings. The molecule has 13 heteroatoms. The summed E-state index contributed by atoms with van der Waals surface area (Å²) >= 11 is 0. The minimum atomic E-state index is -4.69. The van der Waals surface area contributed by atoms with Crippen molar-refractivity contribution < 1.29 is 35.8 Å². The lowest BCUT2D eigenvalue weighted by molar-refractivity contribution is -0.142. The number of pyridine rings is 1. The molecule has 0 unspecified atom stereocenters. The third-order valence-corrected chi connectivity index (χ3v) is 7.90. The van der Waals surface area contributed by atoms with Crippen LogP contribution in [0.5, 0.6) is 11.5 Å². The van der Waals surface area contributed by atoms with E-state index in [1.165, 1.54) is 25.0 Å². The second kappa shape index (κ2) is 17.4. The Morgan fingerprint density at radius 1 is 0.562 bits per heavy atom. The average Bonchev–Trinajstić information content (AvgIpc) is 3.75. The van der Waals surface area contributed by atoms with Crippen LogP contribution in [0.1, 0.15) is 102 Å². The Labute approximate surface area is 276 Å². The summed E-state index contributed by atoms with van der Waals surface area (Å²) in [6.07, 6.45) is 3.38. The van der Waals surface area contributed by atoms with Crippen molar-refractivity contribution in [2.45, 2.75) is 103 Å². The van der Waals surface area contributed by atoms with Crippen LogP contribution in [0.4, 0.5) is 26.3 Å². The summed E-state index contributed by atoms with van der Waals surface area (Å²) < 4.78 is 93.2. The molecule has 0 saturated carbocycles. The van der Waals surface area contributed by atoms with Crippen molar-refractivity contribution >= 4 is 0 Å². The molecule has 48 heavy (non-hydrogen) atoms. The van der Waals surface area contributed by atoms with E-state index in [1.54, 1.807) is 18.2 Å². The molecular formula is C35H43F6N5O2. The van der Waals surface area contributed by atoms with Gasteiger partial charge in [0.1, 0.15) is 34.3 Å². The van der Waals surface area contributed by atoms with E-state index in [4.69, 9.17) is 9.47 Å². The van der Waals surface area contributed by atoms with E-state index in [9.17, 15) is 26.3 Å². The van der Waals surface area contributed by atoms with Crippen molar-refractivity contribution in [1.82, 2.24) is 25.4 Å². The molecule has 2 N–H and O–H groups in total. The largest absolute Gasteiger partial charge is 0.493 e. The van der Waals surface area contributed by atoms with Crippen molar-refractivity contribution in [3.05, 3.63) is 53.9 Å². The molecule has 3 heterocycles. The van der Waals surface area contributed by atoms with E-state index in [2.05, 4.69) is 29.0 Å². The van der Waals surface area contributed by atoms with E-state index in [1.807, 2.05) is 10.2 Å². The van der Waals surface area contributed by atoms with Gasteiger partial charge in [-0.3, -0.25) is 10.2 Å². The highest BCUT2D eigenvalue weighted by molar-refractivity contribution is 5.82. The van der Waals surface area contributed by atoms with Gasteiger partial charge in [-0.1, -0.05) is 84.1 Å². The van der Waals surface area contributed by atoms with Crippen molar-refractivity contribution in [1.29, 1.82) is 0 Å². The van der Waals surface area contributed by atoms with Crippen LogP contribution in [0.25, 0.3) is 33.9 Å². The Hall–Kier alpha value is -4.03. The molecule has 0 amide bonds. The number of benzene rings is 1. The topological polar surface area (TPSA) is 88.7 Å². The number of alkyl halides is 6. The van der Waals surface area contributed by atoms with Gasteiger partial charge in [0.15, 0.2) is 0 Å². The van der Waals surface area contributed by atoms with Crippen molar-refractivity contribution in [3.63, 3.8) is 0 Å². The molecule has 0 atom stereocenters. The molecule has 262 valence electrons. The molecule has 0 radical (unpaired) electrons. The predicted molar refractivity (Wildman–Crippen MR) is 173 cm³/mol. The van der Waals surface area contributed by atoms with Gasteiger partial charge in [-0.15, -0.1) is 0 Å². The quantitative estimate of drug-likeness (QED) is 0.0761. The lowest BCUT2D eigenvalue weighted by Crippen LogP contribution is -2.04. The lowest BCUT2D eigenvalue weighted by Gasteiger charge is -2.18. The van der Waals surface area contributed by atoms with Gasteiger partial charge in [-0.2, -0.15) is 36.5 Å². The molecule has 4 rings (SSSR count). The molecule has 0 bridgehead atoms. The minimum absolute atomic E-state index is 0.00147. The molecule has 0 spiro atoms. The number of nitrogens with one attached hydrogen (secondary N) is 2. The van der Waals surface area contributed by atoms with Crippen molar-refractivity contribution in [2.75, 3.05) is 13.2 Å². The van der Waals surface area contributed by atoms with Crippen LogP contribution in [0.3, 0.4) is 0 Å². The lowest BCUT2D eigenvalue weighted by atomic mass is 10.0. The number of hydrogen-bond donors (Lipinski definition) is 2. The van der Waals surface area contributed by atoms with Crippen LogP contribution in [0, 0.1) is 0 Å². The summed E-state index contributed by atoms with van der Waals surface area (Å²) in [7, 11) is 0. The SMILES string of the molecule is CCCCCCCCOc1cccc(OCCCCCCCC)c1-c1cc(-c2cc(C(F)(F)F)[nH]n2)nc(-c2cc(C(F)(F)F)[nH]n2)c1. The smallest absolute Gasteiger partial charge is 0.432 e. The fourth-order valence-corrected chi connectivity index (χ4v) is 5.30. The second-order valence-electron chi connectivity index (χ2n) is 11.8. The first-order chi connectivity index (χ1) is 23.0. The molecule has 0 fully saturated rings. The highest BCUT2D eigenvalue weighted by atomic mass is 19.4. The maximum absolute atomic E-state index is 13.4. The van der Waals surface area contributed by atoms with Crippen molar-refractivity contribution in [3.8, 4) is 45.4 Å². The molecule has 0 aliphatic carbocycles. The van der Waals surface area contributed by atoms with Crippen LogP contribution < -0.4 is 9.47 Å². The fourth-order valence-electron chi connectivity index (χ4n) is 5.30. The van der Waals surface area contributed by atoms with Gasteiger partial charge in [0.2, 0.25) is 0 Å². The van der Waals surface area contributed by atoms with Crippen LogP contribution in [-0.4, -0.2) is 38.6 Å². The Bertz CT molecular complexity index is 1460. The third kappa shape index (κ3) is 10.5. The number of rotatable bonds is 19. The van der Waals surface area contributed by atoms with Gasteiger partial charge >= 0.3 is 12.4 Å². The number of nitrogens with zero attached hydrogens (tertiary/aromatic N) is 3. The molecule has 0 aliphatic heterocycles. The maximum Gasteiger partial charge on any atom is 0.432 e. The fraction of sp³-hybridized carbons (Fsp3) is 0.514. The number of unbranched alkanes of at least 4 members (excludes halogenated alkanes) is 10. The van der Waals surface area contributed by atoms with Gasteiger partial charge in [-0.05, 0) is 54.8 Å². The van der Waals surface area contributed by atoms with Crippen molar-refractivity contribution in [2.24, 2.45) is 0 Å². The monoisotopic (exact) mass is 679 g/mol. The number of ether oxygens (including phenoxy) is 2. The number of halogens is 6. The number of aromatic nitrogens is 5. The van der Waals surface area contributed by atoms with Crippen LogP contribution in [-0.2, 0) is 12.4 Å². The summed E-state index contributed by atoms with van der Waals surface area (Å²) in [5, 5.41) is 11.6. The normalized spacial score (nSPS) is 12.1. The Balaban J connectivity index is 1.74. The maximum atomic E-state index is 13.4. The number of H-pyrrole nitrogens is 2. The zero-order chi connectivity index (χ0) is 34.6. The molecule has 0 saturated heterocycles. The van der Waals surface area contributed by atoms with E-state index in [0.29, 0.717) is 35.8 Å². The number of aromatic amines is 2. The van der Waals surface area contributed by atoms with E-state index < -0.39 is 23.7 Å². The molecule has 0 aliphatic rings. The zero-order valence-corrected chi connectivity index (χ0v) is 27.4. The molecule has 7 nitrogen and oxygen atoms in total. The first-order valence-corrected chi connectivity index (χ1v) is 16.7. The summed E-state index contributed by atoms with van der Waals surface area (Å²) in [6, 6.07) is 10.0. The first-order valence-electron chi connectivity index (χ1n) is 16.7. The van der Waals surface area contributed by atoms with E-state index in [0.717, 1.165) is 76.3 Å². The molecule has 3 aromatic heterocycles. The standard InChI is InChI=1S/C35H43F6N5O2/c1-3-5-7-9-11-13-18-47-29-16-15-17-30(48-19-14-12-10-8-6-4-2)33(29)24-20-25(27-22-31(45-43-27)34(36,37)38)42-26(21-24)28-23-32(46-44-28)35(39,40)41/h15-17,20-23H,3-14,18-19H2,1-2H3,(H,43,45)(H,44,46). The van der Waals surface area contributed by atoms with E-state index >= 15 is 0 Å². The predicted octanol–water partition coefficient (Wildman–Crippen LogP) is 11.0. The molecular weight excluding hydrogens is 636 g/mol. The summed E-state index contributed by atoms with van der Waals surface area (Å²) in [4.78, 5) is 4.39. The Morgan fingerprint density at radius 2 is 0.979 bits per heavy atom. The summed E-state index contributed by atoms with van der Waals surface area (Å²) in [6.45, 7) is 5.16. The summed E-state index contributed by atoms with van der Waals surface area (Å²) in [5.41, 5.74) is -1.53. The third-order valence-electron chi connectivity index (χ3n) is 7.90. The first kappa shape index (κ1) is 36.8. The van der Waals surface area contributed by atoms with Gasteiger partial charge in [0.25, 0.3) is 0 Å². The number of hydrogen-bond acceptors (Lipinski definition) is 5. The van der Waals surface area contributed by atoms with Gasteiger partial charge in [0.05, 0.1) is 30.2 Å². The van der Waals surface area contributed by atoms with Gasteiger partial charge in [0, 0.05) is 0 Å².